The van der Waals surface area contributed by atoms with E-state index >= 15 is 0 Å². The van der Waals surface area contributed by atoms with Gasteiger partial charge in [-0.3, -0.25) is 4.99 Å². The van der Waals surface area contributed by atoms with Crippen molar-refractivity contribution in [2.24, 2.45) is 4.99 Å². The number of aromatic amines is 1. The second kappa shape index (κ2) is 7.11. The van der Waals surface area contributed by atoms with E-state index in [2.05, 4.69) is 50.3 Å². The molecule has 0 aliphatic rings. The zero-order valence-electron chi connectivity index (χ0n) is 13.6. The average molecular weight is 393 g/mol. The smallest absolute Gasteiger partial charge is 0.145 e. The lowest BCUT2D eigenvalue weighted by Crippen LogP contribution is -1.89. The van der Waals surface area contributed by atoms with E-state index in [1.54, 1.807) is 6.21 Å². The maximum Gasteiger partial charge on any atom is 0.145 e. The first kappa shape index (κ1) is 15.9. The molecule has 0 radical (unpaired) electrons. The van der Waals surface area contributed by atoms with Gasteiger partial charge in [-0.25, -0.2) is 0 Å². The van der Waals surface area contributed by atoms with Crippen molar-refractivity contribution in [2.75, 3.05) is 6.54 Å². The van der Waals surface area contributed by atoms with E-state index < -0.39 is 0 Å². The van der Waals surface area contributed by atoms with Gasteiger partial charge in [-0.1, -0.05) is 46.3 Å². The van der Waals surface area contributed by atoms with E-state index in [0.29, 0.717) is 0 Å². The zero-order chi connectivity index (χ0) is 17.1. The van der Waals surface area contributed by atoms with Crippen LogP contribution in [0.1, 0.15) is 11.3 Å². The Hall–Kier alpha value is -2.59. The molecule has 2 aromatic heterocycles. The van der Waals surface area contributed by atoms with Crippen LogP contribution in [0.2, 0.25) is 0 Å². The molecule has 0 atom stereocenters. The molecule has 0 aliphatic heterocycles. The summed E-state index contributed by atoms with van der Waals surface area (Å²) in [5, 5.41) is 1.27. The van der Waals surface area contributed by atoms with Crippen LogP contribution in [0.3, 0.4) is 0 Å². The van der Waals surface area contributed by atoms with E-state index in [-0.39, 0.29) is 0 Å². The van der Waals surface area contributed by atoms with Crippen LogP contribution in [0, 0.1) is 0 Å². The summed E-state index contributed by atoms with van der Waals surface area (Å²) in [5.74, 6) is 1.63. The van der Waals surface area contributed by atoms with Crippen molar-refractivity contribution < 1.29 is 4.42 Å². The molecule has 0 aliphatic carbocycles. The van der Waals surface area contributed by atoms with Gasteiger partial charge < -0.3 is 9.40 Å². The number of hydrogen-bond donors (Lipinski definition) is 1. The molecule has 3 nitrogen and oxygen atoms in total. The number of aliphatic imine (C=N–C) groups is 1. The molecular weight excluding hydrogens is 376 g/mol. The molecule has 1 N–H and O–H groups in total. The maximum absolute atomic E-state index is 5.85. The standard InChI is InChI=1S/C21H17BrN2O/c22-17-7-5-15(6-8-17)21-10-9-18(25-21)14-23-12-11-16-13-24-20-4-2-1-3-19(16)20/h1-10,13-14,24H,11-12H2. The molecule has 0 unspecified atom stereocenters. The number of nitrogens with zero attached hydrogens (tertiary/aromatic N) is 1. The Bertz CT molecular complexity index is 1010. The highest BCUT2D eigenvalue weighted by Gasteiger charge is 2.04. The highest BCUT2D eigenvalue weighted by molar-refractivity contribution is 9.10. The number of benzene rings is 2. The fraction of sp³-hybridized carbons (Fsp3) is 0.0952. The Morgan fingerprint density at radius 2 is 1.84 bits per heavy atom. The molecule has 2 heterocycles. The molecule has 124 valence electrons. The molecule has 0 amide bonds. The van der Waals surface area contributed by atoms with Crippen LogP contribution in [-0.2, 0) is 6.42 Å². The van der Waals surface area contributed by atoms with Gasteiger partial charge in [0.15, 0.2) is 0 Å². The molecule has 4 aromatic rings. The molecule has 0 bridgehead atoms. The van der Waals surface area contributed by atoms with Crippen LogP contribution in [0.15, 0.2) is 80.7 Å². The Morgan fingerprint density at radius 1 is 1.00 bits per heavy atom. The van der Waals surface area contributed by atoms with Crippen molar-refractivity contribution in [3.8, 4) is 11.3 Å². The molecule has 0 fully saturated rings. The summed E-state index contributed by atoms with van der Waals surface area (Å²) in [4.78, 5) is 7.80. The molecule has 2 aromatic carbocycles. The minimum Gasteiger partial charge on any atom is -0.455 e. The fourth-order valence-corrected chi connectivity index (χ4v) is 3.13. The van der Waals surface area contributed by atoms with Crippen molar-refractivity contribution >= 4 is 33.0 Å². The lowest BCUT2D eigenvalue weighted by Gasteiger charge is -1.97. The maximum atomic E-state index is 5.85. The van der Waals surface area contributed by atoms with Gasteiger partial charge in [0.2, 0.25) is 0 Å². The van der Waals surface area contributed by atoms with Crippen LogP contribution in [0.25, 0.3) is 22.2 Å². The van der Waals surface area contributed by atoms with Crippen LogP contribution >= 0.6 is 15.9 Å². The summed E-state index contributed by atoms with van der Waals surface area (Å²) >= 11 is 3.44. The predicted octanol–water partition coefficient (Wildman–Crippen LogP) is 5.85. The summed E-state index contributed by atoms with van der Waals surface area (Å²) in [6.45, 7) is 0.732. The van der Waals surface area contributed by atoms with E-state index in [1.165, 1.54) is 16.5 Å². The lowest BCUT2D eigenvalue weighted by molar-refractivity contribution is 0.575. The first-order valence-electron chi connectivity index (χ1n) is 8.20. The fourth-order valence-electron chi connectivity index (χ4n) is 2.87. The number of H-pyrrole nitrogens is 1. The molecule has 0 saturated carbocycles. The molecule has 0 spiro atoms. The normalized spacial score (nSPS) is 11.6. The summed E-state index contributed by atoms with van der Waals surface area (Å²) < 4.78 is 6.90. The van der Waals surface area contributed by atoms with E-state index in [1.807, 2.05) is 42.5 Å². The number of hydrogen-bond acceptors (Lipinski definition) is 2. The Labute approximate surface area is 154 Å². The van der Waals surface area contributed by atoms with Crippen LogP contribution < -0.4 is 0 Å². The summed E-state index contributed by atoms with van der Waals surface area (Å²) in [6, 6.07) is 20.3. The number of aromatic nitrogens is 1. The molecule has 4 rings (SSSR count). The van der Waals surface area contributed by atoms with Gasteiger partial charge in [0.1, 0.15) is 11.5 Å². The largest absolute Gasteiger partial charge is 0.455 e. The van der Waals surface area contributed by atoms with Crippen LogP contribution in [-0.4, -0.2) is 17.7 Å². The summed E-state index contributed by atoms with van der Waals surface area (Å²) in [6.07, 6.45) is 4.77. The first-order chi connectivity index (χ1) is 12.3. The number of fused-ring (bicyclic) bond motifs is 1. The van der Waals surface area contributed by atoms with Gasteiger partial charge in [0.05, 0.1) is 6.21 Å². The first-order valence-corrected chi connectivity index (χ1v) is 8.99. The number of furan rings is 1. The highest BCUT2D eigenvalue weighted by atomic mass is 79.9. The number of rotatable bonds is 5. The Morgan fingerprint density at radius 3 is 2.72 bits per heavy atom. The zero-order valence-corrected chi connectivity index (χ0v) is 15.2. The third-order valence-corrected chi connectivity index (χ3v) is 4.69. The van der Waals surface area contributed by atoms with Crippen molar-refractivity contribution in [3.05, 3.63) is 82.7 Å². The van der Waals surface area contributed by atoms with Crippen molar-refractivity contribution in [3.63, 3.8) is 0 Å². The SMILES string of the molecule is Brc1ccc(-c2ccc(C=NCCc3c[nH]c4ccccc34)o2)cc1. The predicted molar refractivity (Wildman–Crippen MR) is 106 cm³/mol. The van der Waals surface area contributed by atoms with Gasteiger partial charge in [0, 0.05) is 33.7 Å². The minimum atomic E-state index is 0.732. The Balaban J connectivity index is 1.40. The van der Waals surface area contributed by atoms with Crippen LogP contribution in [0.5, 0.6) is 0 Å². The summed E-state index contributed by atoms with van der Waals surface area (Å²) in [5.41, 5.74) is 3.52. The van der Waals surface area contributed by atoms with Crippen molar-refractivity contribution in [1.82, 2.24) is 4.98 Å². The second-order valence-electron chi connectivity index (χ2n) is 5.85. The second-order valence-corrected chi connectivity index (χ2v) is 6.77. The van der Waals surface area contributed by atoms with Gasteiger partial charge in [-0.2, -0.15) is 0 Å². The third-order valence-electron chi connectivity index (χ3n) is 4.16. The monoisotopic (exact) mass is 392 g/mol. The quantitative estimate of drug-likeness (QED) is 0.425. The van der Waals surface area contributed by atoms with E-state index in [4.69, 9.17) is 4.42 Å². The number of para-hydroxylation sites is 1. The van der Waals surface area contributed by atoms with Crippen LogP contribution in [0.4, 0.5) is 0 Å². The average Bonchev–Trinajstić information content (AvgIpc) is 3.27. The van der Waals surface area contributed by atoms with Gasteiger partial charge in [-0.05, 0) is 42.3 Å². The van der Waals surface area contributed by atoms with Crippen molar-refractivity contribution in [1.29, 1.82) is 0 Å². The number of nitrogens with one attached hydrogen (secondary N) is 1. The summed E-state index contributed by atoms with van der Waals surface area (Å²) in [7, 11) is 0. The van der Waals surface area contributed by atoms with E-state index in [0.717, 1.165) is 34.5 Å². The highest BCUT2D eigenvalue weighted by Crippen LogP contribution is 2.23. The lowest BCUT2D eigenvalue weighted by atomic mass is 10.1. The number of halogens is 1. The minimum absolute atomic E-state index is 0.732. The topological polar surface area (TPSA) is 41.3 Å². The van der Waals surface area contributed by atoms with Gasteiger partial charge >= 0.3 is 0 Å². The van der Waals surface area contributed by atoms with Gasteiger partial charge in [-0.15, -0.1) is 0 Å². The molecule has 4 heteroatoms. The van der Waals surface area contributed by atoms with Gasteiger partial charge in [0.25, 0.3) is 0 Å². The molecular formula is C21H17BrN2O. The van der Waals surface area contributed by atoms with Crippen molar-refractivity contribution in [2.45, 2.75) is 6.42 Å². The molecule has 0 saturated heterocycles. The van der Waals surface area contributed by atoms with E-state index in [9.17, 15) is 0 Å². The Kier molecular flexibility index (Phi) is 4.53. The molecule has 25 heavy (non-hydrogen) atoms. The third kappa shape index (κ3) is 3.59.